The number of ether oxygens (including phenoxy) is 3. The number of amides is 2. The Kier molecular flexibility index (Phi) is 12.1. The number of para-hydroxylation sites is 1. The van der Waals surface area contributed by atoms with E-state index in [4.69, 9.17) is 19.2 Å². The predicted octanol–water partition coefficient (Wildman–Crippen LogP) is 9.53. The minimum Gasteiger partial charge on any atom is -0.494 e. The summed E-state index contributed by atoms with van der Waals surface area (Å²) in [6, 6.07) is 21.6. The van der Waals surface area contributed by atoms with Crippen LogP contribution in [0.5, 0.6) is 5.75 Å². The van der Waals surface area contributed by atoms with Gasteiger partial charge in [-0.05, 0) is 131 Å². The minimum atomic E-state index is -0.465. The molecule has 0 atom stereocenters. The molecular weight excluding hydrogens is 795 g/mol. The van der Waals surface area contributed by atoms with Crippen molar-refractivity contribution in [1.29, 1.82) is 0 Å². The third-order valence-corrected chi connectivity index (χ3v) is 13.7. The second kappa shape index (κ2) is 17.6. The number of aromatic nitrogens is 2. The first kappa shape index (κ1) is 41.3. The van der Waals surface area contributed by atoms with Crippen molar-refractivity contribution in [2.75, 3.05) is 43.6 Å². The molecule has 2 fully saturated rings. The van der Waals surface area contributed by atoms with Gasteiger partial charge in [0.2, 0.25) is 0 Å². The Hall–Kier alpha value is -5.45. The molecule has 0 radical (unpaired) electrons. The smallest absolute Gasteiger partial charge is 0.410 e. The zero-order valence-electron chi connectivity index (χ0n) is 34.7. The molecule has 5 aromatic rings. The van der Waals surface area contributed by atoms with Gasteiger partial charge in [-0.2, -0.15) is 0 Å². The number of hydrogen-bond acceptors (Lipinski definition) is 11. The third kappa shape index (κ3) is 9.61. The molecule has 2 amide bonds. The summed E-state index contributed by atoms with van der Waals surface area (Å²) in [7, 11) is 1.37. The second-order valence-corrected chi connectivity index (χ2v) is 19.1. The monoisotopic (exact) mass is 845 g/mol. The maximum Gasteiger partial charge on any atom is 0.410 e. The number of methoxy groups -OCH3 is 1. The minimum absolute atomic E-state index is 0.195. The fourth-order valence-electron chi connectivity index (χ4n) is 8.51. The standard InChI is InChI=1S/C47H51N5O6S2/c1-46(2,3)58-45(55)51-25-22-47(23-26-51)28-32(29-47)11-7-10-31-17-19-34(20-18-31)57-27-9-16-39-40(42(54)56-4)49-44(60-39)52-24-21-33-12-8-13-35(36(33)30-52)41(53)50-43-48-37-14-5-6-15-38(37)59-43/h5-6,8,12-15,17-20,32H,9,11,16,21-30H2,1-4H3,(H,48,50,53). The van der Waals surface area contributed by atoms with E-state index in [1.165, 1.54) is 42.6 Å². The molecule has 11 nitrogen and oxygen atoms in total. The van der Waals surface area contributed by atoms with Crippen molar-refractivity contribution in [2.24, 2.45) is 11.3 Å². The van der Waals surface area contributed by atoms with Gasteiger partial charge >= 0.3 is 12.1 Å². The van der Waals surface area contributed by atoms with Crippen molar-refractivity contribution in [2.45, 2.75) is 84.3 Å². The predicted molar refractivity (Wildman–Crippen MR) is 236 cm³/mol. The Morgan fingerprint density at radius 2 is 1.73 bits per heavy atom. The number of likely N-dealkylation sites (tertiary alicyclic amines) is 1. The number of hydrogen-bond donors (Lipinski definition) is 1. The van der Waals surface area contributed by atoms with Gasteiger partial charge in [-0.1, -0.05) is 47.4 Å². The van der Waals surface area contributed by atoms with Gasteiger partial charge in [-0.15, -0.1) is 11.3 Å². The second-order valence-electron chi connectivity index (χ2n) is 17.0. The fraction of sp³-hybridized carbons (Fsp3) is 0.426. The van der Waals surface area contributed by atoms with Crippen molar-refractivity contribution in [3.05, 3.63) is 99.6 Å². The molecule has 0 bridgehead atoms. The first-order valence-electron chi connectivity index (χ1n) is 20.7. The first-order chi connectivity index (χ1) is 28.9. The average molecular weight is 846 g/mol. The van der Waals surface area contributed by atoms with Gasteiger partial charge in [0.25, 0.3) is 5.91 Å². The van der Waals surface area contributed by atoms with E-state index < -0.39 is 11.6 Å². The van der Waals surface area contributed by atoms with E-state index in [0.717, 1.165) is 81.4 Å². The molecule has 8 rings (SSSR count). The molecule has 3 aromatic carbocycles. The van der Waals surface area contributed by atoms with E-state index in [9.17, 15) is 14.4 Å². The Labute approximate surface area is 359 Å². The lowest BCUT2D eigenvalue weighted by Gasteiger charge is -2.52. The molecule has 1 spiro atoms. The summed E-state index contributed by atoms with van der Waals surface area (Å²) < 4.78 is 17.8. The SMILES string of the molecule is COC(=O)c1nc(N2CCc3cccc(C(=O)Nc4nc5ccccc5s4)c3C2)sc1CCCOc1ccc(C#CCC2CC3(CCN(C(=O)OC(C)(C)C)CC3)C2)cc1. The molecule has 2 aliphatic heterocycles. The molecule has 1 saturated carbocycles. The lowest BCUT2D eigenvalue weighted by molar-refractivity contribution is -0.0259. The lowest BCUT2D eigenvalue weighted by Crippen LogP contribution is -2.49. The summed E-state index contributed by atoms with van der Waals surface area (Å²) in [6.07, 6.45) is 7.18. The van der Waals surface area contributed by atoms with E-state index in [-0.39, 0.29) is 12.0 Å². The highest BCUT2D eigenvalue weighted by Crippen LogP contribution is 2.53. The van der Waals surface area contributed by atoms with Crippen LogP contribution in [0.3, 0.4) is 0 Å². The topological polar surface area (TPSA) is 123 Å². The summed E-state index contributed by atoms with van der Waals surface area (Å²) in [5.41, 5.74) is 4.72. The Bertz CT molecular complexity index is 2390. The third-order valence-electron chi connectivity index (χ3n) is 11.6. The van der Waals surface area contributed by atoms with Crippen LogP contribution < -0.4 is 15.0 Å². The van der Waals surface area contributed by atoms with Crippen LogP contribution >= 0.6 is 22.7 Å². The molecule has 13 heteroatoms. The number of carbonyl (C=O) groups excluding carboxylic acids is 3. The van der Waals surface area contributed by atoms with Crippen LogP contribution in [0.25, 0.3) is 10.2 Å². The van der Waals surface area contributed by atoms with E-state index >= 15 is 0 Å². The number of thiazole rings is 2. The average Bonchev–Trinajstić information content (AvgIpc) is 3.85. The first-order valence-corrected chi connectivity index (χ1v) is 22.4. The van der Waals surface area contributed by atoms with Crippen molar-refractivity contribution in [3.8, 4) is 17.6 Å². The van der Waals surface area contributed by atoms with Crippen molar-refractivity contribution in [3.63, 3.8) is 0 Å². The highest BCUT2D eigenvalue weighted by molar-refractivity contribution is 7.22. The molecular formula is C47H51N5O6S2. The lowest BCUT2D eigenvalue weighted by atomic mass is 9.57. The number of anilines is 2. The van der Waals surface area contributed by atoms with Crippen molar-refractivity contribution >= 4 is 61.1 Å². The zero-order valence-corrected chi connectivity index (χ0v) is 36.3. The van der Waals surface area contributed by atoms with Gasteiger partial charge in [0.05, 0.1) is 23.9 Å². The van der Waals surface area contributed by atoms with Gasteiger partial charge in [-0.3, -0.25) is 10.1 Å². The Morgan fingerprint density at radius 3 is 2.48 bits per heavy atom. The van der Waals surface area contributed by atoms with Crippen LogP contribution in [0.2, 0.25) is 0 Å². The van der Waals surface area contributed by atoms with Crippen LogP contribution in [-0.2, 0) is 28.9 Å². The van der Waals surface area contributed by atoms with Crippen LogP contribution in [0, 0.1) is 23.2 Å². The van der Waals surface area contributed by atoms with Crippen LogP contribution in [0.15, 0.2) is 66.7 Å². The number of esters is 1. The van der Waals surface area contributed by atoms with E-state index in [0.29, 0.717) is 60.3 Å². The molecule has 60 heavy (non-hydrogen) atoms. The zero-order chi connectivity index (χ0) is 41.9. The molecule has 2 aromatic heterocycles. The Morgan fingerprint density at radius 1 is 0.950 bits per heavy atom. The molecule has 1 saturated heterocycles. The van der Waals surface area contributed by atoms with Crippen LogP contribution in [-0.4, -0.2) is 71.8 Å². The number of benzene rings is 3. The van der Waals surface area contributed by atoms with Crippen LogP contribution in [0.1, 0.15) is 102 Å². The molecule has 1 aliphatic carbocycles. The van der Waals surface area contributed by atoms with E-state index in [1.54, 1.807) is 0 Å². The summed E-state index contributed by atoms with van der Waals surface area (Å²) >= 11 is 2.94. The molecule has 4 heterocycles. The molecule has 0 unspecified atom stereocenters. The van der Waals surface area contributed by atoms with E-state index in [1.807, 2.05) is 86.3 Å². The summed E-state index contributed by atoms with van der Waals surface area (Å²) in [5, 5.41) is 4.30. The number of fused-ring (bicyclic) bond motifs is 2. The summed E-state index contributed by atoms with van der Waals surface area (Å²) in [6.45, 7) is 8.96. The Balaban J connectivity index is 0.807. The number of rotatable bonds is 10. The number of aryl methyl sites for hydroxylation is 1. The largest absolute Gasteiger partial charge is 0.494 e. The highest BCUT2D eigenvalue weighted by Gasteiger charge is 2.46. The number of carbonyl (C=O) groups is 3. The molecule has 1 N–H and O–H groups in total. The van der Waals surface area contributed by atoms with Gasteiger partial charge < -0.3 is 24.0 Å². The highest BCUT2D eigenvalue weighted by atomic mass is 32.1. The normalized spacial score (nSPS) is 16.1. The quantitative estimate of drug-likeness (QED) is 0.0832. The summed E-state index contributed by atoms with van der Waals surface area (Å²) in [4.78, 5) is 53.1. The van der Waals surface area contributed by atoms with Gasteiger partial charge in [0.15, 0.2) is 16.0 Å². The number of nitrogens with one attached hydrogen (secondary N) is 1. The van der Waals surface area contributed by atoms with Crippen molar-refractivity contribution < 1.29 is 28.6 Å². The summed E-state index contributed by atoms with van der Waals surface area (Å²) in [5.74, 6) is 7.45. The van der Waals surface area contributed by atoms with Crippen molar-refractivity contribution in [1.82, 2.24) is 14.9 Å². The van der Waals surface area contributed by atoms with E-state index in [2.05, 4.69) is 33.1 Å². The fourth-order valence-corrected chi connectivity index (χ4v) is 10.5. The number of piperidine rings is 1. The van der Waals surface area contributed by atoms with Gasteiger partial charge in [-0.25, -0.2) is 19.6 Å². The number of nitrogens with zero attached hydrogens (tertiary/aromatic N) is 4. The maximum atomic E-state index is 13.6. The molecule has 312 valence electrons. The van der Waals surface area contributed by atoms with Gasteiger partial charge in [0, 0.05) is 48.6 Å². The van der Waals surface area contributed by atoms with Gasteiger partial charge in [0.1, 0.15) is 11.4 Å². The molecule has 3 aliphatic rings. The maximum absolute atomic E-state index is 13.6. The van der Waals surface area contributed by atoms with Crippen LogP contribution in [0.4, 0.5) is 15.1 Å².